The Morgan fingerprint density at radius 1 is 0.862 bits per heavy atom. The van der Waals surface area contributed by atoms with Gasteiger partial charge in [-0.2, -0.15) is 0 Å². The van der Waals surface area contributed by atoms with Crippen LogP contribution in [-0.2, 0) is 14.3 Å². The second-order valence-corrected chi connectivity index (χ2v) is 7.50. The minimum absolute atomic E-state index is 0.0392. The van der Waals surface area contributed by atoms with Crippen LogP contribution in [0, 0.1) is 0 Å². The van der Waals surface area contributed by atoms with E-state index in [1.807, 2.05) is 84.9 Å². The molecule has 0 N–H and O–H groups in total. The molecule has 4 heteroatoms. The summed E-state index contributed by atoms with van der Waals surface area (Å²) in [4.78, 5) is 24.1. The van der Waals surface area contributed by atoms with Gasteiger partial charge in [-0.05, 0) is 34.4 Å². The molecule has 0 spiro atoms. The lowest BCUT2D eigenvalue weighted by Gasteiger charge is -2.16. The maximum absolute atomic E-state index is 12.4. The lowest BCUT2D eigenvalue weighted by Crippen LogP contribution is -2.18. The molecule has 0 heterocycles. The van der Waals surface area contributed by atoms with Gasteiger partial charge < -0.3 is 4.74 Å². The standard InChI is InChI=1S/C25H21BrO3/c1-29-25(28)24(27)17-21(18-12-14-22(26)15-13-18)16-23(19-8-4-2-5-9-19)20-10-6-3-7-11-20/h2-16,21H,17H2,1H3. The number of rotatable bonds is 7. The van der Waals surface area contributed by atoms with Gasteiger partial charge in [-0.25, -0.2) is 4.79 Å². The van der Waals surface area contributed by atoms with Gasteiger partial charge in [0.1, 0.15) is 0 Å². The summed E-state index contributed by atoms with van der Waals surface area (Å²) in [5.74, 6) is -1.64. The number of halogens is 1. The first kappa shape index (κ1) is 20.7. The largest absolute Gasteiger partial charge is 0.463 e. The monoisotopic (exact) mass is 448 g/mol. The van der Waals surface area contributed by atoms with E-state index in [1.54, 1.807) is 0 Å². The van der Waals surface area contributed by atoms with Crippen molar-refractivity contribution in [1.82, 2.24) is 0 Å². The average molecular weight is 449 g/mol. The number of hydrogen-bond donors (Lipinski definition) is 0. The summed E-state index contributed by atoms with van der Waals surface area (Å²) in [7, 11) is 1.23. The van der Waals surface area contributed by atoms with Crippen LogP contribution in [0.2, 0.25) is 0 Å². The smallest absolute Gasteiger partial charge is 0.374 e. The van der Waals surface area contributed by atoms with Gasteiger partial charge in [0.05, 0.1) is 7.11 Å². The van der Waals surface area contributed by atoms with Gasteiger partial charge in [0.25, 0.3) is 0 Å². The fraction of sp³-hybridized carbons (Fsp3) is 0.120. The van der Waals surface area contributed by atoms with Crippen molar-refractivity contribution < 1.29 is 14.3 Å². The van der Waals surface area contributed by atoms with Crippen molar-refractivity contribution in [2.24, 2.45) is 0 Å². The van der Waals surface area contributed by atoms with Crippen LogP contribution >= 0.6 is 15.9 Å². The predicted molar refractivity (Wildman–Crippen MR) is 118 cm³/mol. The SMILES string of the molecule is COC(=O)C(=O)CC(C=C(c1ccccc1)c1ccccc1)c1ccc(Br)cc1. The molecule has 3 aromatic rings. The minimum Gasteiger partial charge on any atom is -0.463 e. The Hall–Kier alpha value is -2.98. The van der Waals surface area contributed by atoms with Crippen LogP contribution in [0.25, 0.3) is 5.57 Å². The second-order valence-electron chi connectivity index (χ2n) is 6.59. The number of allylic oxidation sites excluding steroid dienone is 1. The molecule has 29 heavy (non-hydrogen) atoms. The van der Waals surface area contributed by atoms with Gasteiger partial charge in [-0.3, -0.25) is 4.79 Å². The van der Waals surface area contributed by atoms with Crippen molar-refractivity contribution in [3.05, 3.63) is 112 Å². The van der Waals surface area contributed by atoms with E-state index in [2.05, 4.69) is 26.7 Å². The highest BCUT2D eigenvalue weighted by atomic mass is 79.9. The molecule has 1 atom stereocenters. The van der Waals surface area contributed by atoms with Crippen LogP contribution in [-0.4, -0.2) is 18.9 Å². The van der Waals surface area contributed by atoms with Gasteiger partial charge in [0.2, 0.25) is 5.78 Å². The van der Waals surface area contributed by atoms with Crippen molar-refractivity contribution in [2.45, 2.75) is 12.3 Å². The van der Waals surface area contributed by atoms with Gasteiger partial charge in [0, 0.05) is 16.8 Å². The Morgan fingerprint density at radius 2 is 1.38 bits per heavy atom. The molecule has 0 radical (unpaired) electrons. The zero-order valence-electron chi connectivity index (χ0n) is 16.0. The molecule has 0 bridgehead atoms. The summed E-state index contributed by atoms with van der Waals surface area (Å²) < 4.78 is 5.58. The first-order chi connectivity index (χ1) is 14.1. The summed E-state index contributed by atoms with van der Waals surface area (Å²) in [5.41, 5.74) is 4.06. The third kappa shape index (κ3) is 5.52. The molecule has 1 unspecified atom stereocenters. The first-order valence-corrected chi connectivity index (χ1v) is 10.1. The van der Waals surface area contributed by atoms with Gasteiger partial charge in [-0.1, -0.05) is 94.8 Å². The molecule has 3 aromatic carbocycles. The van der Waals surface area contributed by atoms with E-state index in [4.69, 9.17) is 0 Å². The number of hydrogen-bond acceptors (Lipinski definition) is 3. The Kier molecular flexibility index (Phi) is 7.14. The highest BCUT2D eigenvalue weighted by molar-refractivity contribution is 9.10. The molecule has 0 saturated carbocycles. The number of ketones is 1. The molecule has 0 aliphatic heterocycles. The Morgan fingerprint density at radius 3 is 1.86 bits per heavy atom. The summed E-state index contributed by atoms with van der Waals surface area (Å²) >= 11 is 3.45. The molecule has 146 valence electrons. The zero-order valence-corrected chi connectivity index (χ0v) is 17.6. The minimum atomic E-state index is -0.818. The quantitative estimate of drug-likeness (QED) is 0.339. The van der Waals surface area contributed by atoms with Gasteiger partial charge >= 0.3 is 5.97 Å². The molecular weight excluding hydrogens is 428 g/mol. The molecule has 3 nitrogen and oxygen atoms in total. The molecular formula is C25H21BrO3. The Balaban J connectivity index is 2.10. The third-order valence-electron chi connectivity index (χ3n) is 4.65. The number of methoxy groups -OCH3 is 1. The molecule has 0 amide bonds. The number of benzene rings is 3. The summed E-state index contributed by atoms with van der Waals surface area (Å²) in [6.45, 7) is 0. The molecule has 0 aliphatic carbocycles. The van der Waals surface area contributed by atoms with Crippen LogP contribution in [0.5, 0.6) is 0 Å². The molecule has 0 aromatic heterocycles. The van der Waals surface area contributed by atoms with Crippen molar-refractivity contribution in [3.8, 4) is 0 Å². The van der Waals surface area contributed by atoms with Crippen LogP contribution in [0.3, 0.4) is 0 Å². The predicted octanol–water partition coefficient (Wildman–Crippen LogP) is 5.80. The normalized spacial score (nSPS) is 11.4. The lowest BCUT2D eigenvalue weighted by molar-refractivity contribution is -0.151. The maximum atomic E-state index is 12.4. The molecule has 3 rings (SSSR count). The van der Waals surface area contributed by atoms with Crippen molar-refractivity contribution in [2.75, 3.05) is 7.11 Å². The topological polar surface area (TPSA) is 43.4 Å². The highest BCUT2D eigenvalue weighted by Gasteiger charge is 2.21. The summed E-state index contributed by atoms with van der Waals surface area (Å²) in [6, 6.07) is 27.8. The van der Waals surface area contributed by atoms with Crippen LogP contribution in [0.4, 0.5) is 0 Å². The first-order valence-electron chi connectivity index (χ1n) is 9.27. The summed E-state index contributed by atoms with van der Waals surface area (Å²) in [5, 5.41) is 0. The van der Waals surface area contributed by atoms with E-state index in [-0.39, 0.29) is 12.3 Å². The number of ether oxygens (including phenoxy) is 1. The van der Waals surface area contributed by atoms with E-state index in [1.165, 1.54) is 7.11 Å². The Bertz CT molecular complexity index is 952. The number of carbonyl (C=O) groups is 2. The fourth-order valence-corrected chi connectivity index (χ4v) is 3.44. The zero-order chi connectivity index (χ0) is 20.6. The van der Waals surface area contributed by atoms with Crippen LogP contribution in [0.15, 0.2) is 95.5 Å². The number of carbonyl (C=O) groups excluding carboxylic acids is 2. The molecule has 0 saturated heterocycles. The van der Waals surface area contributed by atoms with Crippen molar-refractivity contribution in [3.63, 3.8) is 0 Å². The van der Waals surface area contributed by atoms with E-state index < -0.39 is 11.8 Å². The van der Waals surface area contributed by atoms with Crippen molar-refractivity contribution in [1.29, 1.82) is 0 Å². The number of esters is 1. The van der Waals surface area contributed by atoms with E-state index in [9.17, 15) is 9.59 Å². The average Bonchev–Trinajstić information content (AvgIpc) is 2.77. The lowest BCUT2D eigenvalue weighted by atomic mass is 9.87. The highest BCUT2D eigenvalue weighted by Crippen LogP contribution is 2.31. The Labute approximate surface area is 179 Å². The molecule has 0 aliphatic rings. The van der Waals surface area contributed by atoms with Crippen molar-refractivity contribution >= 4 is 33.3 Å². The maximum Gasteiger partial charge on any atom is 0.374 e. The van der Waals surface area contributed by atoms with E-state index >= 15 is 0 Å². The van der Waals surface area contributed by atoms with Crippen LogP contribution < -0.4 is 0 Å². The summed E-state index contributed by atoms with van der Waals surface area (Å²) in [6.07, 6.45) is 2.10. The van der Waals surface area contributed by atoms with Crippen LogP contribution in [0.1, 0.15) is 29.0 Å². The van der Waals surface area contributed by atoms with Gasteiger partial charge in [0.15, 0.2) is 0 Å². The van der Waals surface area contributed by atoms with E-state index in [0.717, 1.165) is 26.7 Å². The second kappa shape index (κ2) is 9.99. The fourth-order valence-electron chi connectivity index (χ4n) is 3.18. The molecule has 0 fully saturated rings. The van der Waals surface area contributed by atoms with Gasteiger partial charge in [-0.15, -0.1) is 0 Å². The third-order valence-corrected chi connectivity index (χ3v) is 5.18. The number of Topliss-reactive ketones (excluding diaryl/α,β-unsaturated/α-hetero) is 1. The van der Waals surface area contributed by atoms with E-state index in [0.29, 0.717) is 0 Å².